The number of hydrogen-bond donors (Lipinski definition) is 0. The molecule has 0 saturated carbocycles. The van der Waals surface area contributed by atoms with E-state index in [2.05, 4.69) is 25.1 Å². The molecule has 1 heterocycles. The summed E-state index contributed by atoms with van der Waals surface area (Å²) in [5, 5.41) is 8.86. The number of carbonyl (C=O) groups is 1. The smallest absolute Gasteiger partial charge is 0.239 e. The molecule has 0 radical (unpaired) electrons. The highest BCUT2D eigenvalue weighted by molar-refractivity contribution is 5.81. The van der Waals surface area contributed by atoms with Crippen LogP contribution in [0, 0.1) is 17.2 Å². The number of nitriles is 1. The van der Waals surface area contributed by atoms with Crippen molar-refractivity contribution < 1.29 is 4.79 Å². The molecule has 1 fully saturated rings. The van der Waals surface area contributed by atoms with E-state index in [0.717, 1.165) is 25.9 Å². The summed E-state index contributed by atoms with van der Waals surface area (Å²) in [7, 11) is 4.15. The van der Waals surface area contributed by atoms with Crippen molar-refractivity contribution in [1.29, 1.82) is 5.26 Å². The summed E-state index contributed by atoms with van der Waals surface area (Å²) in [5.41, 5.74) is 0. The minimum absolute atomic E-state index is 0.0159. The molecule has 1 rings (SSSR count). The SMILES string of the molecule is CCC(C#N)C(=O)N1CCC(N(C)C)CC1. The molecule has 0 spiro atoms. The van der Waals surface area contributed by atoms with Gasteiger partial charge < -0.3 is 9.80 Å². The van der Waals surface area contributed by atoms with Gasteiger partial charge in [-0.1, -0.05) is 6.92 Å². The average molecular weight is 223 g/mol. The van der Waals surface area contributed by atoms with Crippen LogP contribution in [0.25, 0.3) is 0 Å². The Labute approximate surface area is 97.8 Å². The Morgan fingerprint density at radius 3 is 2.44 bits per heavy atom. The lowest BCUT2D eigenvalue weighted by atomic mass is 10.0. The maximum absolute atomic E-state index is 11.9. The van der Waals surface area contributed by atoms with Gasteiger partial charge in [-0.25, -0.2) is 0 Å². The highest BCUT2D eigenvalue weighted by atomic mass is 16.2. The van der Waals surface area contributed by atoms with Crippen LogP contribution in [0.4, 0.5) is 0 Å². The summed E-state index contributed by atoms with van der Waals surface area (Å²) in [6.07, 6.45) is 2.64. The van der Waals surface area contributed by atoms with Crippen LogP contribution in [-0.4, -0.2) is 48.9 Å². The van der Waals surface area contributed by atoms with E-state index in [1.807, 2.05) is 11.8 Å². The van der Waals surface area contributed by atoms with Crippen LogP contribution in [0.1, 0.15) is 26.2 Å². The first-order valence-electron chi connectivity index (χ1n) is 5.95. The molecule has 16 heavy (non-hydrogen) atoms. The van der Waals surface area contributed by atoms with Crippen molar-refractivity contribution in [2.45, 2.75) is 32.2 Å². The van der Waals surface area contributed by atoms with E-state index in [0.29, 0.717) is 12.5 Å². The van der Waals surface area contributed by atoms with Crippen LogP contribution in [0.15, 0.2) is 0 Å². The Kier molecular flexibility index (Phi) is 4.75. The van der Waals surface area contributed by atoms with Crippen molar-refractivity contribution in [2.75, 3.05) is 27.2 Å². The van der Waals surface area contributed by atoms with E-state index in [4.69, 9.17) is 5.26 Å². The minimum Gasteiger partial charge on any atom is -0.341 e. The van der Waals surface area contributed by atoms with Crippen molar-refractivity contribution in [3.8, 4) is 6.07 Å². The van der Waals surface area contributed by atoms with Gasteiger partial charge in [0.15, 0.2) is 0 Å². The number of hydrogen-bond acceptors (Lipinski definition) is 3. The molecule has 0 aliphatic carbocycles. The summed E-state index contributed by atoms with van der Waals surface area (Å²) in [6.45, 7) is 3.47. The van der Waals surface area contributed by atoms with Gasteiger partial charge in [-0.15, -0.1) is 0 Å². The largest absolute Gasteiger partial charge is 0.341 e. The third-order valence-corrected chi connectivity index (χ3v) is 3.37. The van der Waals surface area contributed by atoms with Crippen molar-refractivity contribution in [3.63, 3.8) is 0 Å². The third-order valence-electron chi connectivity index (χ3n) is 3.37. The second kappa shape index (κ2) is 5.86. The Balaban J connectivity index is 2.48. The number of nitrogens with zero attached hydrogens (tertiary/aromatic N) is 3. The van der Waals surface area contributed by atoms with Gasteiger partial charge in [0, 0.05) is 19.1 Å². The predicted molar refractivity (Wildman–Crippen MR) is 62.7 cm³/mol. The normalized spacial score (nSPS) is 19.6. The van der Waals surface area contributed by atoms with Gasteiger partial charge in [0.05, 0.1) is 6.07 Å². The Morgan fingerprint density at radius 1 is 1.50 bits per heavy atom. The van der Waals surface area contributed by atoms with Gasteiger partial charge in [0.2, 0.25) is 5.91 Å². The monoisotopic (exact) mass is 223 g/mol. The van der Waals surface area contributed by atoms with Crippen molar-refractivity contribution in [3.05, 3.63) is 0 Å². The van der Waals surface area contributed by atoms with E-state index in [1.165, 1.54) is 0 Å². The number of carbonyl (C=O) groups excluding carboxylic acids is 1. The summed E-state index contributed by atoms with van der Waals surface area (Å²) in [6, 6.07) is 2.66. The zero-order valence-corrected chi connectivity index (χ0v) is 10.4. The van der Waals surface area contributed by atoms with Crippen LogP contribution < -0.4 is 0 Å². The molecular weight excluding hydrogens is 202 g/mol. The highest BCUT2D eigenvalue weighted by Crippen LogP contribution is 2.17. The van der Waals surface area contributed by atoms with Gasteiger partial charge in [0.1, 0.15) is 5.92 Å². The van der Waals surface area contributed by atoms with Crippen molar-refractivity contribution >= 4 is 5.91 Å². The molecule has 0 N–H and O–H groups in total. The van der Waals surface area contributed by atoms with Crippen LogP contribution in [0.5, 0.6) is 0 Å². The van der Waals surface area contributed by atoms with E-state index in [9.17, 15) is 4.79 Å². The fraction of sp³-hybridized carbons (Fsp3) is 0.833. The summed E-state index contributed by atoms with van der Waals surface area (Å²) < 4.78 is 0. The Morgan fingerprint density at radius 2 is 2.06 bits per heavy atom. The lowest BCUT2D eigenvalue weighted by Crippen LogP contribution is -2.46. The fourth-order valence-electron chi connectivity index (χ4n) is 2.14. The molecule has 1 unspecified atom stereocenters. The minimum atomic E-state index is -0.448. The lowest BCUT2D eigenvalue weighted by Gasteiger charge is -2.35. The molecule has 0 bridgehead atoms. The van der Waals surface area contributed by atoms with Gasteiger partial charge in [-0.05, 0) is 33.4 Å². The molecule has 1 amide bonds. The maximum Gasteiger partial charge on any atom is 0.239 e. The molecular formula is C12H21N3O. The molecule has 1 aliphatic rings. The molecule has 0 aromatic carbocycles. The van der Waals surface area contributed by atoms with Crippen LogP contribution in [0.3, 0.4) is 0 Å². The number of amides is 1. The van der Waals surface area contributed by atoms with Crippen molar-refractivity contribution in [1.82, 2.24) is 9.80 Å². The zero-order chi connectivity index (χ0) is 12.1. The number of rotatable bonds is 3. The van der Waals surface area contributed by atoms with Crippen LogP contribution in [-0.2, 0) is 4.79 Å². The molecule has 1 saturated heterocycles. The summed E-state index contributed by atoms with van der Waals surface area (Å²) in [4.78, 5) is 16.0. The van der Waals surface area contributed by atoms with Gasteiger partial charge in [-0.3, -0.25) is 4.79 Å². The number of piperidine rings is 1. The molecule has 0 aromatic rings. The fourth-order valence-corrected chi connectivity index (χ4v) is 2.14. The second-order valence-corrected chi connectivity index (χ2v) is 4.61. The predicted octanol–water partition coefficient (Wildman–Crippen LogP) is 1.09. The van der Waals surface area contributed by atoms with Crippen LogP contribution in [0.2, 0.25) is 0 Å². The van der Waals surface area contributed by atoms with Gasteiger partial charge in [0.25, 0.3) is 0 Å². The zero-order valence-electron chi connectivity index (χ0n) is 10.4. The molecule has 1 atom stereocenters. The van der Waals surface area contributed by atoms with E-state index in [1.54, 1.807) is 0 Å². The second-order valence-electron chi connectivity index (χ2n) is 4.61. The number of likely N-dealkylation sites (tertiary alicyclic amines) is 1. The molecule has 4 heteroatoms. The van der Waals surface area contributed by atoms with Gasteiger partial charge in [-0.2, -0.15) is 5.26 Å². The van der Waals surface area contributed by atoms with Crippen LogP contribution >= 0.6 is 0 Å². The van der Waals surface area contributed by atoms with Gasteiger partial charge >= 0.3 is 0 Å². The van der Waals surface area contributed by atoms with E-state index < -0.39 is 5.92 Å². The molecule has 0 aromatic heterocycles. The lowest BCUT2D eigenvalue weighted by molar-refractivity contribution is -0.135. The highest BCUT2D eigenvalue weighted by Gasteiger charge is 2.27. The molecule has 4 nitrogen and oxygen atoms in total. The quantitative estimate of drug-likeness (QED) is 0.719. The third kappa shape index (κ3) is 2.96. The first-order chi connectivity index (χ1) is 7.60. The first kappa shape index (κ1) is 13.0. The van der Waals surface area contributed by atoms with Crippen molar-refractivity contribution in [2.24, 2.45) is 5.92 Å². The molecule has 90 valence electrons. The average Bonchev–Trinajstić information content (AvgIpc) is 2.30. The molecule has 1 aliphatic heterocycles. The topological polar surface area (TPSA) is 47.3 Å². The Hall–Kier alpha value is -1.08. The van der Waals surface area contributed by atoms with E-state index >= 15 is 0 Å². The standard InChI is InChI=1S/C12H21N3O/c1-4-10(9-13)12(16)15-7-5-11(6-8-15)14(2)3/h10-11H,4-8H2,1-3H3. The Bertz CT molecular complexity index is 274. The maximum atomic E-state index is 11.9. The first-order valence-corrected chi connectivity index (χ1v) is 5.95. The summed E-state index contributed by atoms with van der Waals surface area (Å²) >= 11 is 0. The summed E-state index contributed by atoms with van der Waals surface area (Å²) in [5.74, 6) is -0.432. The van der Waals surface area contributed by atoms with E-state index in [-0.39, 0.29) is 5.91 Å².